The summed E-state index contributed by atoms with van der Waals surface area (Å²) in [6.07, 6.45) is 0.768. The first-order valence-corrected chi connectivity index (χ1v) is 6.58. The second-order valence-electron chi connectivity index (χ2n) is 3.77. The molecule has 0 unspecified atom stereocenters. The molecule has 2 aromatic rings. The third kappa shape index (κ3) is 2.93. The van der Waals surface area contributed by atoms with Crippen LogP contribution in [0.5, 0.6) is 0 Å². The molecule has 0 bridgehead atoms. The number of rotatable bonds is 5. The maximum Gasteiger partial charge on any atom is 0.145 e. The minimum atomic E-state index is 0.616. The minimum absolute atomic E-state index is 0.616. The van der Waals surface area contributed by atoms with E-state index in [1.54, 1.807) is 17.4 Å². The van der Waals surface area contributed by atoms with E-state index in [1.807, 2.05) is 19.4 Å². The van der Waals surface area contributed by atoms with Gasteiger partial charge in [-0.15, -0.1) is 11.3 Å². The van der Waals surface area contributed by atoms with Crippen LogP contribution in [0.1, 0.15) is 23.3 Å². The smallest absolute Gasteiger partial charge is 0.145 e. The third-order valence-corrected chi connectivity index (χ3v) is 3.45. The lowest BCUT2D eigenvalue weighted by molar-refractivity contribution is 0.931. The number of nitrogens with one attached hydrogen (secondary N) is 2. The zero-order valence-corrected chi connectivity index (χ0v) is 11.2. The maximum absolute atomic E-state index is 5.38. The Bertz CT molecular complexity index is 502. The number of hydrogen-bond donors (Lipinski definition) is 3. The highest BCUT2D eigenvalue weighted by Crippen LogP contribution is 2.16. The van der Waals surface area contributed by atoms with Crippen molar-refractivity contribution in [2.45, 2.75) is 26.8 Å². The van der Waals surface area contributed by atoms with Crippen LogP contribution in [-0.2, 0) is 13.0 Å². The number of aromatic nitrogens is 3. The first-order valence-electron chi connectivity index (χ1n) is 5.70. The molecule has 7 heteroatoms. The highest BCUT2D eigenvalue weighted by Gasteiger charge is 2.05. The predicted octanol–water partition coefficient (Wildman–Crippen LogP) is 1.70. The molecule has 4 N–H and O–H groups in total. The minimum Gasteiger partial charge on any atom is -0.365 e. The molecule has 0 amide bonds. The standard InChI is InChI=1S/C11H16N6S/c1-3-9-15-10(4-11(16-9)17-12)13-5-8-7(2)14-6-18-8/h4,6H,3,5,12H2,1-2H3,(H2,13,15,16,17). The summed E-state index contributed by atoms with van der Waals surface area (Å²) in [4.78, 5) is 14.0. The monoisotopic (exact) mass is 264 g/mol. The molecule has 0 saturated heterocycles. The molecule has 18 heavy (non-hydrogen) atoms. The number of anilines is 2. The van der Waals surface area contributed by atoms with E-state index < -0.39 is 0 Å². The molecule has 0 radical (unpaired) electrons. The molecule has 96 valence electrons. The van der Waals surface area contributed by atoms with Gasteiger partial charge >= 0.3 is 0 Å². The second kappa shape index (κ2) is 5.74. The Kier molecular flexibility index (Phi) is 4.06. The quantitative estimate of drug-likeness (QED) is 0.562. The summed E-state index contributed by atoms with van der Waals surface area (Å²) in [5, 5.41) is 3.26. The van der Waals surface area contributed by atoms with Crippen molar-refractivity contribution >= 4 is 23.0 Å². The summed E-state index contributed by atoms with van der Waals surface area (Å²) in [5.74, 6) is 7.52. The highest BCUT2D eigenvalue weighted by atomic mass is 32.1. The lowest BCUT2D eigenvalue weighted by atomic mass is 10.4. The van der Waals surface area contributed by atoms with Gasteiger partial charge in [-0.2, -0.15) is 0 Å². The van der Waals surface area contributed by atoms with Gasteiger partial charge in [0.1, 0.15) is 17.5 Å². The lowest BCUT2D eigenvalue weighted by Crippen LogP contribution is -2.12. The number of nitrogens with two attached hydrogens (primary N) is 1. The molecular formula is C11H16N6S. The molecule has 0 aliphatic carbocycles. The predicted molar refractivity (Wildman–Crippen MR) is 73.4 cm³/mol. The van der Waals surface area contributed by atoms with E-state index in [1.165, 1.54) is 4.88 Å². The Labute approximate surface area is 110 Å². The molecule has 2 aromatic heterocycles. The number of nitrogens with zero attached hydrogens (tertiary/aromatic N) is 3. The summed E-state index contributed by atoms with van der Waals surface area (Å²) in [5.41, 5.74) is 5.44. The van der Waals surface area contributed by atoms with Crippen LogP contribution < -0.4 is 16.6 Å². The molecule has 0 spiro atoms. The van der Waals surface area contributed by atoms with Crippen LogP contribution in [0.4, 0.5) is 11.6 Å². The molecule has 6 nitrogen and oxygen atoms in total. The Hall–Kier alpha value is -1.73. The molecule has 2 rings (SSSR count). The molecule has 0 fully saturated rings. The van der Waals surface area contributed by atoms with Crippen LogP contribution in [0.2, 0.25) is 0 Å². The van der Waals surface area contributed by atoms with E-state index in [4.69, 9.17) is 5.84 Å². The first-order chi connectivity index (χ1) is 8.72. The van der Waals surface area contributed by atoms with Crippen molar-refractivity contribution in [1.82, 2.24) is 15.0 Å². The molecule has 0 aliphatic heterocycles. The number of hydrogen-bond acceptors (Lipinski definition) is 7. The van der Waals surface area contributed by atoms with Crippen LogP contribution >= 0.6 is 11.3 Å². The summed E-state index contributed by atoms with van der Waals surface area (Å²) in [7, 11) is 0. The van der Waals surface area contributed by atoms with E-state index in [-0.39, 0.29) is 0 Å². The Morgan fingerprint density at radius 1 is 1.33 bits per heavy atom. The molecule has 0 aliphatic rings. The van der Waals surface area contributed by atoms with Gasteiger partial charge < -0.3 is 10.7 Å². The van der Waals surface area contributed by atoms with Crippen LogP contribution in [0, 0.1) is 6.92 Å². The van der Waals surface area contributed by atoms with Gasteiger partial charge in [-0.3, -0.25) is 0 Å². The van der Waals surface area contributed by atoms with Gasteiger partial charge in [0.2, 0.25) is 0 Å². The Balaban J connectivity index is 2.11. The zero-order chi connectivity index (χ0) is 13.0. The lowest BCUT2D eigenvalue weighted by Gasteiger charge is -2.08. The van der Waals surface area contributed by atoms with Crippen molar-refractivity contribution in [3.63, 3.8) is 0 Å². The van der Waals surface area contributed by atoms with Gasteiger partial charge in [0.15, 0.2) is 0 Å². The van der Waals surface area contributed by atoms with Crippen molar-refractivity contribution in [2.24, 2.45) is 5.84 Å². The molecular weight excluding hydrogens is 248 g/mol. The summed E-state index contributed by atoms with van der Waals surface area (Å²) in [6.45, 7) is 4.71. The molecule has 2 heterocycles. The number of nitrogen functional groups attached to an aromatic ring is 1. The molecule has 0 aromatic carbocycles. The summed E-state index contributed by atoms with van der Waals surface area (Å²) >= 11 is 1.63. The fourth-order valence-corrected chi connectivity index (χ4v) is 2.20. The Morgan fingerprint density at radius 3 is 2.72 bits per heavy atom. The van der Waals surface area contributed by atoms with Crippen LogP contribution in [0.3, 0.4) is 0 Å². The van der Waals surface area contributed by atoms with E-state index in [9.17, 15) is 0 Å². The second-order valence-corrected chi connectivity index (χ2v) is 4.71. The number of aryl methyl sites for hydroxylation is 2. The molecule has 0 saturated carbocycles. The van der Waals surface area contributed by atoms with Gasteiger partial charge in [0.25, 0.3) is 0 Å². The van der Waals surface area contributed by atoms with Gasteiger partial charge in [0.05, 0.1) is 17.7 Å². The van der Waals surface area contributed by atoms with Crippen molar-refractivity contribution in [3.05, 3.63) is 28.0 Å². The fourth-order valence-electron chi connectivity index (χ4n) is 1.49. The van der Waals surface area contributed by atoms with E-state index in [0.29, 0.717) is 12.4 Å². The van der Waals surface area contributed by atoms with Crippen molar-refractivity contribution in [1.29, 1.82) is 0 Å². The fraction of sp³-hybridized carbons (Fsp3) is 0.364. The van der Waals surface area contributed by atoms with Gasteiger partial charge in [-0.25, -0.2) is 20.8 Å². The topological polar surface area (TPSA) is 88.8 Å². The average Bonchev–Trinajstić information content (AvgIpc) is 2.81. The van der Waals surface area contributed by atoms with Crippen molar-refractivity contribution in [3.8, 4) is 0 Å². The zero-order valence-electron chi connectivity index (χ0n) is 10.4. The highest BCUT2D eigenvalue weighted by molar-refractivity contribution is 7.09. The van der Waals surface area contributed by atoms with E-state index in [2.05, 4.69) is 25.7 Å². The van der Waals surface area contributed by atoms with Gasteiger partial charge in [0, 0.05) is 17.4 Å². The maximum atomic E-state index is 5.38. The van der Waals surface area contributed by atoms with Crippen molar-refractivity contribution < 1.29 is 0 Å². The van der Waals surface area contributed by atoms with Crippen molar-refractivity contribution in [2.75, 3.05) is 10.7 Å². The van der Waals surface area contributed by atoms with Gasteiger partial charge in [-0.05, 0) is 6.92 Å². The average molecular weight is 264 g/mol. The third-order valence-electron chi connectivity index (χ3n) is 2.51. The number of hydrazine groups is 1. The van der Waals surface area contributed by atoms with Crippen LogP contribution in [-0.4, -0.2) is 15.0 Å². The largest absolute Gasteiger partial charge is 0.365 e. The van der Waals surface area contributed by atoms with Gasteiger partial charge in [-0.1, -0.05) is 6.92 Å². The summed E-state index contributed by atoms with van der Waals surface area (Å²) < 4.78 is 0. The Morgan fingerprint density at radius 2 is 2.11 bits per heavy atom. The SMILES string of the molecule is CCc1nc(NN)cc(NCc2scnc2C)n1. The summed E-state index contributed by atoms with van der Waals surface area (Å²) in [6, 6.07) is 1.79. The van der Waals surface area contributed by atoms with Crippen LogP contribution in [0.25, 0.3) is 0 Å². The first kappa shape index (κ1) is 12.7. The molecule has 0 atom stereocenters. The number of thiazole rings is 1. The normalized spacial score (nSPS) is 10.4. The van der Waals surface area contributed by atoms with E-state index in [0.717, 1.165) is 23.8 Å². The van der Waals surface area contributed by atoms with E-state index >= 15 is 0 Å². The van der Waals surface area contributed by atoms with Crippen LogP contribution in [0.15, 0.2) is 11.6 Å².